The molecule has 1 atom stereocenters. The summed E-state index contributed by atoms with van der Waals surface area (Å²) in [4.78, 5) is 34.9. The van der Waals surface area contributed by atoms with Crippen LogP contribution in [0, 0.1) is 0 Å². The van der Waals surface area contributed by atoms with Crippen molar-refractivity contribution < 1.29 is 9.59 Å². The molecule has 6 heteroatoms. The van der Waals surface area contributed by atoms with Crippen molar-refractivity contribution in [2.24, 2.45) is 0 Å². The fraction of sp³-hybridized carbons (Fsp3) is 0.500. The molecule has 3 heterocycles. The number of amides is 2. The molecule has 0 bridgehead atoms. The maximum Gasteiger partial charge on any atom is 0.255 e. The molecule has 0 radical (unpaired) electrons. The van der Waals surface area contributed by atoms with E-state index in [1.807, 2.05) is 47.4 Å². The summed E-state index contributed by atoms with van der Waals surface area (Å²) in [5.41, 5.74) is 1.74. The number of nitrogens with one attached hydrogen (secondary N) is 1. The molecule has 2 amide bonds. The molecule has 1 unspecified atom stereocenters. The Kier molecular flexibility index (Phi) is 7.40. The van der Waals surface area contributed by atoms with Gasteiger partial charge in [0, 0.05) is 38.4 Å². The fourth-order valence-electron chi connectivity index (χ4n) is 4.90. The van der Waals surface area contributed by atoms with Crippen molar-refractivity contribution in [1.82, 2.24) is 15.2 Å². The Balaban J connectivity index is 1.34. The minimum atomic E-state index is -0.0927. The van der Waals surface area contributed by atoms with E-state index >= 15 is 0 Å². The van der Waals surface area contributed by atoms with Gasteiger partial charge in [-0.15, -0.1) is 0 Å². The zero-order valence-corrected chi connectivity index (χ0v) is 19.0. The molecular weight excluding hydrogens is 400 g/mol. The van der Waals surface area contributed by atoms with Gasteiger partial charge in [0.05, 0.1) is 11.5 Å². The first-order valence-corrected chi connectivity index (χ1v) is 12.0. The topological polar surface area (TPSA) is 65.5 Å². The number of nitrogens with zero attached hydrogens (tertiary/aromatic N) is 3. The molecule has 4 rings (SSSR count). The average Bonchev–Trinajstić information content (AvgIpc) is 2.86. The quantitative estimate of drug-likeness (QED) is 0.747. The van der Waals surface area contributed by atoms with Crippen LogP contribution >= 0.6 is 0 Å². The van der Waals surface area contributed by atoms with Crippen LogP contribution in [0.1, 0.15) is 67.3 Å². The molecule has 2 saturated heterocycles. The van der Waals surface area contributed by atoms with Gasteiger partial charge in [-0.25, -0.2) is 4.98 Å². The van der Waals surface area contributed by atoms with E-state index < -0.39 is 0 Å². The van der Waals surface area contributed by atoms with Crippen LogP contribution in [0.3, 0.4) is 0 Å². The number of pyridine rings is 1. The van der Waals surface area contributed by atoms with Crippen molar-refractivity contribution in [2.45, 2.75) is 57.4 Å². The largest absolute Gasteiger partial charge is 0.356 e. The third kappa shape index (κ3) is 5.12. The molecular formula is C26H34N4O2. The average molecular weight is 435 g/mol. The highest BCUT2D eigenvalue weighted by molar-refractivity contribution is 5.99. The molecule has 0 spiro atoms. The first kappa shape index (κ1) is 22.3. The Bertz CT molecular complexity index is 903. The van der Waals surface area contributed by atoms with Crippen molar-refractivity contribution >= 4 is 17.6 Å². The number of benzene rings is 1. The minimum Gasteiger partial charge on any atom is -0.356 e. The second-order valence-corrected chi connectivity index (χ2v) is 8.87. The Morgan fingerprint density at radius 1 is 1.00 bits per heavy atom. The van der Waals surface area contributed by atoms with Crippen LogP contribution in [-0.2, 0) is 4.79 Å². The zero-order chi connectivity index (χ0) is 22.3. The van der Waals surface area contributed by atoms with Crippen LogP contribution in [0.25, 0.3) is 0 Å². The number of rotatable bonds is 6. The first-order valence-electron chi connectivity index (χ1n) is 12.0. The second-order valence-electron chi connectivity index (χ2n) is 8.87. The molecule has 2 aliphatic rings. The summed E-state index contributed by atoms with van der Waals surface area (Å²) in [6.45, 7) is 5.34. The normalized spacial score (nSPS) is 18.3. The summed E-state index contributed by atoms with van der Waals surface area (Å²) in [6.07, 6.45) is 7.65. The van der Waals surface area contributed by atoms with Gasteiger partial charge in [-0.3, -0.25) is 9.59 Å². The molecule has 6 nitrogen and oxygen atoms in total. The standard InChI is InChI=1S/C26H34N4O2/c1-2-22(20-10-5-3-6-11-20)26(32)30-18-13-21(14-19-30)28-25(31)23-12-9-15-27-24(23)29-16-7-4-8-17-29/h3,5-6,9-12,15,21-22H,2,4,7-8,13-14,16-19H2,1H3,(H,28,31). The zero-order valence-electron chi connectivity index (χ0n) is 19.0. The highest BCUT2D eigenvalue weighted by atomic mass is 16.2. The molecule has 170 valence electrons. The van der Waals surface area contributed by atoms with Crippen LogP contribution in [0.2, 0.25) is 0 Å². The number of carbonyl (C=O) groups is 2. The SMILES string of the molecule is CCC(C(=O)N1CCC(NC(=O)c2cccnc2N2CCCCC2)CC1)c1ccccc1. The number of anilines is 1. The Hall–Kier alpha value is -2.89. The molecule has 1 aromatic heterocycles. The number of likely N-dealkylation sites (tertiary alicyclic amines) is 1. The molecule has 0 saturated carbocycles. The molecule has 2 fully saturated rings. The van der Waals surface area contributed by atoms with Crippen molar-refractivity contribution in [3.05, 3.63) is 59.8 Å². The van der Waals surface area contributed by atoms with Gasteiger partial charge in [-0.1, -0.05) is 37.3 Å². The number of piperidine rings is 2. The van der Waals surface area contributed by atoms with Gasteiger partial charge < -0.3 is 15.1 Å². The van der Waals surface area contributed by atoms with Gasteiger partial charge in [0.1, 0.15) is 5.82 Å². The third-order valence-electron chi connectivity index (χ3n) is 6.74. The minimum absolute atomic E-state index is 0.0563. The summed E-state index contributed by atoms with van der Waals surface area (Å²) in [7, 11) is 0. The van der Waals surface area contributed by atoms with E-state index in [0.29, 0.717) is 18.7 Å². The maximum absolute atomic E-state index is 13.1. The molecule has 0 aliphatic carbocycles. The lowest BCUT2D eigenvalue weighted by Crippen LogP contribution is -2.48. The monoisotopic (exact) mass is 434 g/mol. The van der Waals surface area contributed by atoms with Gasteiger partial charge in [0.25, 0.3) is 5.91 Å². The van der Waals surface area contributed by atoms with Crippen LogP contribution in [-0.4, -0.2) is 53.9 Å². The van der Waals surface area contributed by atoms with Gasteiger partial charge in [0.15, 0.2) is 0 Å². The maximum atomic E-state index is 13.1. The molecule has 1 aromatic carbocycles. The van der Waals surface area contributed by atoms with E-state index in [2.05, 4.69) is 22.1 Å². The van der Waals surface area contributed by atoms with Crippen LogP contribution < -0.4 is 10.2 Å². The van der Waals surface area contributed by atoms with E-state index in [0.717, 1.165) is 56.6 Å². The molecule has 32 heavy (non-hydrogen) atoms. The summed E-state index contributed by atoms with van der Waals surface area (Å²) in [5.74, 6) is 0.845. The molecule has 2 aliphatic heterocycles. The van der Waals surface area contributed by atoms with E-state index in [-0.39, 0.29) is 23.8 Å². The summed E-state index contributed by atoms with van der Waals surface area (Å²) < 4.78 is 0. The van der Waals surface area contributed by atoms with E-state index in [9.17, 15) is 9.59 Å². The van der Waals surface area contributed by atoms with Crippen molar-refractivity contribution in [3.63, 3.8) is 0 Å². The van der Waals surface area contributed by atoms with Crippen molar-refractivity contribution in [2.75, 3.05) is 31.1 Å². The Labute approximate surface area is 191 Å². The first-order chi connectivity index (χ1) is 15.7. The predicted octanol–water partition coefficient (Wildman–Crippen LogP) is 3.99. The van der Waals surface area contributed by atoms with Gasteiger partial charge >= 0.3 is 0 Å². The number of aromatic nitrogens is 1. The lowest BCUT2D eigenvalue weighted by atomic mass is 9.93. The molecule has 2 aromatic rings. The number of hydrogen-bond donors (Lipinski definition) is 1. The van der Waals surface area contributed by atoms with E-state index in [4.69, 9.17) is 0 Å². The fourth-order valence-corrected chi connectivity index (χ4v) is 4.90. The Morgan fingerprint density at radius 3 is 2.41 bits per heavy atom. The van der Waals surface area contributed by atoms with Crippen LogP contribution in [0.4, 0.5) is 5.82 Å². The third-order valence-corrected chi connectivity index (χ3v) is 6.74. The summed E-state index contributed by atoms with van der Waals surface area (Å²) in [6, 6.07) is 13.8. The summed E-state index contributed by atoms with van der Waals surface area (Å²) in [5, 5.41) is 3.21. The van der Waals surface area contributed by atoms with Crippen molar-refractivity contribution in [3.8, 4) is 0 Å². The van der Waals surface area contributed by atoms with Gasteiger partial charge in [-0.05, 0) is 56.2 Å². The van der Waals surface area contributed by atoms with Gasteiger partial charge in [-0.2, -0.15) is 0 Å². The lowest BCUT2D eigenvalue weighted by molar-refractivity contribution is -0.134. The predicted molar refractivity (Wildman–Crippen MR) is 127 cm³/mol. The van der Waals surface area contributed by atoms with Gasteiger partial charge in [0.2, 0.25) is 5.91 Å². The highest BCUT2D eigenvalue weighted by Gasteiger charge is 2.29. The lowest BCUT2D eigenvalue weighted by Gasteiger charge is -2.35. The van der Waals surface area contributed by atoms with Crippen LogP contribution in [0.5, 0.6) is 0 Å². The molecule has 1 N–H and O–H groups in total. The van der Waals surface area contributed by atoms with Crippen molar-refractivity contribution in [1.29, 1.82) is 0 Å². The second kappa shape index (κ2) is 10.6. The van der Waals surface area contributed by atoms with Crippen LogP contribution in [0.15, 0.2) is 48.7 Å². The number of carbonyl (C=O) groups excluding carboxylic acids is 2. The van der Waals surface area contributed by atoms with E-state index in [1.165, 1.54) is 6.42 Å². The van der Waals surface area contributed by atoms with E-state index in [1.54, 1.807) is 6.20 Å². The number of hydrogen-bond acceptors (Lipinski definition) is 4. The highest BCUT2D eigenvalue weighted by Crippen LogP contribution is 2.25. The smallest absolute Gasteiger partial charge is 0.255 e. The summed E-state index contributed by atoms with van der Waals surface area (Å²) >= 11 is 0. The Morgan fingerprint density at radius 2 is 1.72 bits per heavy atom.